The number of sulfone groups is 1. The van der Waals surface area contributed by atoms with Gasteiger partial charge in [0, 0.05) is 17.4 Å². The molecule has 0 aromatic heterocycles. The second-order valence-corrected chi connectivity index (χ2v) is 9.98. The van der Waals surface area contributed by atoms with Gasteiger partial charge in [-0.25, -0.2) is 8.42 Å². The van der Waals surface area contributed by atoms with Crippen molar-refractivity contribution in [3.63, 3.8) is 0 Å². The van der Waals surface area contributed by atoms with Crippen LogP contribution in [0.2, 0.25) is 0 Å². The number of carbonyl (C=O) groups is 2. The van der Waals surface area contributed by atoms with Gasteiger partial charge in [0.05, 0.1) is 24.0 Å². The minimum absolute atomic E-state index is 0.0277. The van der Waals surface area contributed by atoms with Gasteiger partial charge in [-0.3, -0.25) is 9.59 Å². The van der Waals surface area contributed by atoms with Gasteiger partial charge in [0.25, 0.3) is 0 Å². The molecule has 26 heavy (non-hydrogen) atoms. The van der Waals surface area contributed by atoms with Crippen LogP contribution in [0, 0.1) is 13.8 Å². The van der Waals surface area contributed by atoms with E-state index < -0.39 is 21.7 Å². The van der Waals surface area contributed by atoms with Gasteiger partial charge in [-0.15, -0.1) is 0 Å². The molecular weight excluding hydrogens is 376 g/mol. The molecule has 0 saturated carbocycles. The second-order valence-electron chi connectivity index (χ2n) is 6.62. The summed E-state index contributed by atoms with van der Waals surface area (Å²) in [5, 5.41) is 8.99. The van der Waals surface area contributed by atoms with E-state index in [1.807, 2.05) is 36.9 Å². The number of fused-ring (bicyclic) bond motifs is 1. The number of hydrogen-bond acceptors (Lipinski definition) is 5. The molecule has 3 rings (SSSR count). The molecule has 0 aliphatic carbocycles. The maximum atomic E-state index is 12.0. The van der Waals surface area contributed by atoms with E-state index in [9.17, 15) is 18.0 Å². The van der Waals surface area contributed by atoms with Crippen molar-refractivity contribution < 1.29 is 23.1 Å². The maximum Gasteiger partial charge on any atom is 0.303 e. The van der Waals surface area contributed by atoms with E-state index in [0.29, 0.717) is 5.17 Å². The van der Waals surface area contributed by atoms with E-state index in [1.165, 1.54) is 11.8 Å². The molecule has 140 valence electrons. The molecule has 0 spiro atoms. The minimum atomic E-state index is -3.12. The normalized spacial score (nSPS) is 25.5. The number of anilines is 1. The molecule has 0 bridgehead atoms. The van der Waals surface area contributed by atoms with Crippen LogP contribution in [0.4, 0.5) is 5.69 Å². The fraction of sp³-hybridized carbons (Fsp3) is 0.471. The van der Waals surface area contributed by atoms with Crippen LogP contribution >= 0.6 is 11.8 Å². The smallest absolute Gasteiger partial charge is 0.303 e. The molecule has 1 aromatic rings. The Labute approximate surface area is 156 Å². The second kappa shape index (κ2) is 7.03. The predicted molar refractivity (Wildman–Crippen MR) is 102 cm³/mol. The monoisotopic (exact) mass is 396 g/mol. The van der Waals surface area contributed by atoms with Crippen LogP contribution in [0.1, 0.15) is 24.0 Å². The summed E-state index contributed by atoms with van der Waals surface area (Å²) in [6.07, 6.45) is -0.445. The molecule has 7 nitrogen and oxygen atoms in total. The quantitative estimate of drug-likeness (QED) is 0.827. The highest BCUT2D eigenvalue weighted by Gasteiger charge is 2.49. The zero-order chi connectivity index (χ0) is 19.1. The number of rotatable bonds is 4. The number of amidine groups is 1. The number of aliphatic imine (C=N–C) groups is 1. The Morgan fingerprint density at radius 2 is 1.96 bits per heavy atom. The molecule has 2 fully saturated rings. The van der Waals surface area contributed by atoms with Crippen molar-refractivity contribution in [1.29, 1.82) is 0 Å². The first kappa shape index (κ1) is 18.9. The summed E-state index contributed by atoms with van der Waals surface area (Å²) in [6, 6.07) is 5.54. The van der Waals surface area contributed by atoms with Crippen LogP contribution in [-0.2, 0) is 19.4 Å². The molecule has 0 unspecified atom stereocenters. The molecule has 2 saturated heterocycles. The molecule has 9 heteroatoms. The average Bonchev–Trinajstić information content (AvgIpc) is 2.99. The molecule has 2 aliphatic heterocycles. The SMILES string of the molecule is Cc1ccc(N2C(=NC(=O)CCC(=O)O)S[C@H]3CS(=O)(=O)C[C@H]32)cc1C. The van der Waals surface area contributed by atoms with Crippen LogP contribution in [0.15, 0.2) is 23.2 Å². The molecule has 1 N–H and O–H groups in total. The summed E-state index contributed by atoms with van der Waals surface area (Å²) in [5.74, 6) is -1.47. The van der Waals surface area contributed by atoms with Crippen LogP contribution in [0.25, 0.3) is 0 Å². The molecule has 1 amide bonds. The van der Waals surface area contributed by atoms with Gasteiger partial charge in [-0.1, -0.05) is 17.8 Å². The third-order valence-corrected chi connectivity index (χ3v) is 7.82. The standard InChI is InChI=1S/C17H20N2O5S2/c1-10-3-4-12(7-11(10)2)19-13-8-26(23,24)9-14(13)25-17(19)18-15(20)5-6-16(21)22/h3-4,7,13-14H,5-6,8-9H2,1-2H3,(H,21,22)/t13-,14+/m1/s1. The Balaban J connectivity index is 1.94. The highest BCUT2D eigenvalue weighted by molar-refractivity contribution is 8.16. The topological polar surface area (TPSA) is 104 Å². The first-order valence-electron chi connectivity index (χ1n) is 8.23. The summed E-state index contributed by atoms with van der Waals surface area (Å²) in [6.45, 7) is 3.96. The lowest BCUT2D eigenvalue weighted by atomic mass is 10.1. The zero-order valence-corrected chi connectivity index (χ0v) is 16.1. The predicted octanol–water partition coefficient (Wildman–Crippen LogP) is 1.77. The van der Waals surface area contributed by atoms with E-state index in [-0.39, 0.29) is 35.6 Å². The van der Waals surface area contributed by atoms with Gasteiger partial charge in [-0.05, 0) is 37.1 Å². The van der Waals surface area contributed by atoms with Gasteiger partial charge >= 0.3 is 5.97 Å². The number of thioether (sulfide) groups is 1. The molecule has 2 atom stereocenters. The van der Waals surface area contributed by atoms with Gasteiger partial charge in [-0.2, -0.15) is 4.99 Å². The maximum absolute atomic E-state index is 12.0. The van der Waals surface area contributed by atoms with Gasteiger partial charge in [0.1, 0.15) is 0 Å². The molecule has 2 heterocycles. The first-order chi connectivity index (χ1) is 12.2. The number of carboxylic acid groups (broad SMARTS) is 1. The summed E-state index contributed by atoms with van der Waals surface area (Å²) in [4.78, 5) is 28.6. The van der Waals surface area contributed by atoms with E-state index in [2.05, 4.69) is 4.99 Å². The van der Waals surface area contributed by atoms with Crippen LogP contribution in [0.5, 0.6) is 0 Å². The van der Waals surface area contributed by atoms with Crippen molar-refractivity contribution in [1.82, 2.24) is 0 Å². The molecule has 1 aromatic carbocycles. The van der Waals surface area contributed by atoms with Crippen molar-refractivity contribution in [3.05, 3.63) is 29.3 Å². The van der Waals surface area contributed by atoms with Crippen LogP contribution in [-0.4, -0.2) is 53.4 Å². The fourth-order valence-electron chi connectivity index (χ4n) is 3.12. The van der Waals surface area contributed by atoms with Gasteiger partial charge in [0.2, 0.25) is 5.91 Å². The Morgan fingerprint density at radius 1 is 1.23 bits per heavy atom. The Morgan fingerprint density at radius 3 is 2.62 bits per heavy atom. The van der Waals surface area contributed by atoms with E-state index >= 15 is 0 Å². The summed E-state index contributed by atoms with van der Waals surface area (Å²) < 4.78 is 24.1. The van der Waals surface area contributed by atoms with Crippen molar-refractivity contribution in [2.75, 3.05) is 16.4 Å². The number of carboxylic acids is 1. The summed E-state index contributed by atoms with van der Waals surface area (Å²) in [5.41, 5.74) is 2.98. The van der Waals surface area contributed by atoms with Crippen molar-refractivity contribution in [3.8, 4) is 0 Å². The number of benzene rings is 1. The van der Waals surface area contributed by atoms with Crippen molar-refractivity contribution >= 4 is 44.3 Å². The number of amides is 1. The Bertz CT molecular complexity index is 894. The fourth-order valence-corrected chi connectivity index (χ4v) is 7.05. The van der Waals surface area contributed by atoms with Crippen LogP contribution < -0.4 is 4.90 Å². The van der Waals surface area contributed by atoms with Gasteiger partial charge in [0.15, 0.2) is 15.0 Å². The summed E-state index contributed by atoms with van der Waals surface area (Å²) >= 11 is 1.29. The lowest BCUT2D eigenvalue weighted by Gasteiger charge is -2.25. The average molecular weight is 396 g/mol. The van der Waals surface area contributed by atoms with E-state index in [0.717, 1.165) is 16.8 Å². The Kier molecular flexibility index (Phi) is 5.12. The number of nitrogens with zero attached hydrogens (tertiary/aromatic N) is 2. The van der Waals surface area contributed by atoms with Crippen molar-refractivity contribution in [2.24, 2.45) is 4.99 Å². The zero-order valence-electron chi connectivity index (χ0n) is 14.5. The van der Waals surface area contributed by atoms with Crippen LogP contribution in [0.3, 0.4) is 0 Å². The first-order valence-corrected chi connectivity index (χ1v) is 10.9. The minimum Gasteiger partial charge on any atom is -0.481 e. The molecule has 0 radical (unpaired) electrons. The van der Waals surface area contributed by atoms with Gasteiger partial charge < -0.3 is 10.0 Å². The Hall–Kier alpha value is -1.87. The molecule has 2 aliphatic rings. The summed E-state index contributed by atoms with van der Waals surface area (Å²) in [7, 11) is -3.12. The van der Waals surface area contributed by atoms with E-state index in [1.54, 1.807) is 0 Å². The molecular formula is C17H20N2O5S2. The number of aliphatic carboxylic acids is 1. The van der Waals surface area contributed by atoms with E-state index in [4.69, 9.17) is 5.11 Å². The highest BCUT2D eigenvalue weighted by Crippen LogP contribution is 2.41. The lowest BCUT2D eigenvalue weighted by Crippen LogP contribution is -2.37. The third kappa shape index (κ3) is 3.93. The number of aryl methyl sites for hydroxylation is 2. The lowest BCUT2D eigenvalue weighted by molar-refractivity contribution is -0.138. The largest absolute Gasteiger partial charge is 0.481 e. The third-order valence-electron chi connectivity index (χ3n) is 4.61. The highest BCUT2D eigenvalue weighted by atomic mass is 32.2. The van der Waals surface area contributed by atoms with Crippen molar-refractivity contribution in [2.45, 2.75) is 38.0 Å². The number of hydrogen-bond donors (Lipinski definition) is 1. The number of carbonyl (C=O) groups excluding carboxylic acids is 1.